The van der Waals surface area contributed by atoms with Gasteiger partial charge in [0.05, 0.1) is 6.61 Å². The van der Waals surface area contributed by atoms with E-state index in [1.165, 1.54) is 47.5 Å². The van der Waals surface area contributed by atoms with Crippen LogP contribution >= 0.6 is 11.3 Å². The van der Waals surface area contributed by atoms with E-state index in [-0.39, 0.29) is 24.6 Å². The smallest absolute Gasteiger partial charge is 0.348 e. The van der Waals surface area contributed by atoms with Crippen molar-refractivity contribution in [3.8, 4) is 0 Å². The third-order valence-electron chi connectivity index (χ3n) is 6.47. The summed E-state index contributed by atoms with van der Waals surface area (Å²) in [4.78, 5) is 27.3. The van der Waals surface area contributed by atoms with Crippen molar-refractivity contribution in [2.75, 3.05) is 31.8 Å². The molecule has 8 heteroatoms. The number of aliphatic hydroxyl groups excluding tert-OH is 1. The maximum atomic E-state index is 11.9. The third kappa shape index (κ3) is 11.4. The minimum atomic E-state index is -0.575. The minimum Gasteiger partial charge on any atom is -0.459 e. The fourth-order valence-corrected chi connectivity index (χ4v) is 5.48. The van der Waals surface area contributed by atoms with Gasteiger partial charge in [-0.3, -0.25) is 4.79 Å². The van der Waals surface area contributed by atoms with Gasteiger partial charge < -0.3 is 24.2 Å². The zero-order valence-corrected chi connectivity index (χ0v) is 25.2. The number of ether oxygens (including phenoxy) is 3. The standard InChI is InChI=1S/C16H23NO.C14H20O4S.CH4O/c1-2-3-4-5-7-14-9-11-15(12-10-14)17-13-6-8-16(17)18;1-4-5-11-6-7-12(19-11)13(15)16-8-10-9-17-14(2,3)18-10;1-2/h9-12H,2-8,13H2,1H3;6-7,10H,4-5,8-9H2,1-3H3;2H,1H3. The monoisotopic (exact) mass is 561 g/mol. The van der Waals surface area contributed by atoms with Crippen molar-refractivity contribution in [1.29, 1.82) is 0 Å². The molecular formula is C31H47NO6S. The molecule has 0 saturated carbocycles. The molecule has 2 aromatic rings. The molecule has 4 rings (SSSR count). The van der Waals surface area contributed by atoms with Gasteiger partial charge in [0.25, 0.3) is 0 Å². The summed E-state index contributed by atoms with van der Waals surface area (Å²) in [7, 11) is 1.00. The van der Waals surface area contributed by atoms with Crippen LogP contribution in [-0.4, -0.2) is 55.7 Å². The van der Waals surface area contributed by atoms with E-state index in [9.17, 15) is 9.59 Å². The van der Waals surface area contributed by atoms with E-state index in [0.29, 0.717) is 17.9 Å². The van der Waals surface area contributed by atoms with Gasteiger partial charge in [-0.15, -0.1) is 11.3 Å². The summed E-state index contributed by atoms with van der Waals surface area (Å²) in [6.07, 6.45) is 10.00. The molecule has 2 saturated heterocycles. The summed E-state index contributed by atoms with van der Waals surface area (Å²) in [5.41, 5.74) is 2.45. The molecule has 0 bridgehead atoms. The van der Waals surface area contributed by atoms with Crippen LogP contribution < -0.4 is 4.90 Å². The Morgan fingerprint density at radius 1 is 1.05 bits per heavy atom. The number of thiophene rings is 1. The Kier molecular flexibility index (Phi) is 14.7. The average Bonchev–Trinajstić information content (AvgIpc) is 3.67. The number of hydrogen-bond donors (Lipinski definition) is 1. The highest BCUT2D eigenvalue weighted by molar-refractivity contribution is 7.13. The van der Waals surface area contributed by atoms with Crippen LogP contribution in [0.2, 0.25) is 0 Å². The van der Waals surface area contributed by atoms with Crippen LogP contribution in [0.5, 0.6) is 0 Å². The molecule has 1 aromatic heterocycles. The molecule has 39 heavy (non-hydrogen) atoms. The number of unbranched alkanes of at least 4 members (excludes halogenated alkanes) is 3. The lowest BCUT2D eigenvalue weighted by Gasteiger charge is -2.16. The fourth-order valence-electron chi connectivity index (χ4n) is 4.47. The zero-order valence-electron chi connectivity index (χ0n) is 24.4. The number of amides is 1. The van der Waals surface area contributed by atoms with E-state index in [1.54, 1.807) is 0 Å². The van der Waals surface area contributed by atoms with Gasteiger partial charge in [-0.25, -0.2) is 4.79 Å². The van der Waals surface area contributed by atoms with Crippen LogP contribution in [-0.2, 0) is 31.8 Å². The Morgan fingerprint density at radius 2 is 1.79 bits per heavy atom. The number of benzene rings is 1. The van der Waals surface area contributed by atoms with Gasteiger partial charge in [0.15, 0.2) is 5.79 Å². The zero-order chi connectivity index (χ0) is 28.7. The Bertz CT molecular complexity index is 987. The van der Waals surface area contributed by atoms with Gasteiger partial charge in [-0.1, -0.05) is 51.7 Å². The SMILES string of the molecule is CCCCCCc1ccc(N2CCCC2=O)cc1.CCCc1ccc(C(=O)OCC2COC(C)(C)O2)s1.CO. The second-order valence-electron chi connectivity index (χ2n) is 10.2. The second-order valence-corrected chi connectivity index (χ2v) is 11.4. The molecule has 2 aliphatic heterocycles. The maximum Gasteiger partial charge on any atom is 0.348 e. The van der Waals surface area contributed by atoms with Crippen LogP contribution in [0.1, 0.15) is 92.8 Å². The minimum absolute atomic E-state index is 0.172. The normalized spacial score (nSPS) is 17.7. The molecule has 0 spiro atoms. The van der Waals surface area contributed by atoms with E-state index in [1.807, 2.05) is 30.9 Å². The summed E-state index contributed by atoms with van der Waals surface area (Å²) in [6.45, 7) is 9.65. The van der Waals surface area contributed by atoms with Crippen LogP contribution in [0, 0.1) is 0 Å². The molecule has 1 atom stereocenters. The highest BCUT2D eigenvalue weighted by atomic mass is 32.1. The molecule has 2 fully saturated rings. The molecule has 7 nitrogen and oxygen atoms in total. The lowest BCUT2D eigenvalue weighted by atomic mass is 10.1. The molecule has 1 aromatic carbocycles. The Balaban J connectivity index is 0.000000258. The predicted molar refractivity (Wildman–Crippen MR) is 158 cm³/mol. The van der Waals surface area contributed by atoms with Gasteiger partial charge in [0.1, 0.15) is 17.6 Å². The lowest BCUT2D eigenvalue weighted by molar-refractivity contribution is -0.142. The van der Waals surface area contributed by atoms with Gasteiger partial charge in [0, 0.05) is 30.6 Å². The van der Waals surface area contributed by atoms with Crippen molar-refractivity contribution in [2.24, 2.45) is 0 Å². The van der Waals surface area contributed by atoms with Crippen molar-refractivity contribution in [1.82, 2.24) is 0 Å². The quantitative estimate of drug-likeness (QED) is 0.247. The van der Waals surface area contributed by atoms with Gasteiger partial charge in [0.2, 0.25) is 5.91 Å². The first-order valence-electron chi connectivity index (χ1n) is 14.2. The van der Waals surface area contributed by atoms with Gasteiger partial charge in [-0.2, -0.15) is 0 Å². The number of esters is 1. The van der Waals surface area contributed by atoms with Gasteiger partial charge in [-0.05, 0) is 69.4 Å². The van der Waals surface area contributed by atoms with Crippen molar-refractivity contribution >= 4 is 28.9 Å². The number of nitrogens with zero attached hydrogens (tertiary/aromatic N) is 1. The van der Waals surface area contributed by atoms with Crippen molar-refractivity contribution < 1.29 is 28.9 Å². The molecule has 1 amide bonds. The van der Waals surface area contributed by atoms with Crippen molar-refractivity contribution in [2.45, 2.75) is 97.4 Å². The highest BCUT2D eigenvalue weighted by Gasteiger charge is 2.33. The first-order chi connectivity index (χ1) is 18.8. The second kappa shape index (κ2) is 17.4. The number of carbonyl (C=O) groups excluding carboxylic acids is 2. The number of aryl methyl sites for hydroxylation is 2. The summed E-state index contributed by atoms with van der Waals surface area (Å²) in [5, 5.41) is 7.00. The highest BCUT2D eigenvalue weighted by Crippen LogP contribution is 2.24. The molecule has 1 unspecified atom stereocenters. The van der Waals surface area contributed by atoms with E-state index in [0.717, 1.165) is 45.0 Å². The first kappa shape index (κ1) is 32.9. The molecular weight excluding hydrogens is 514 g/mol. The summed E-state index contributed by atoms with van der Waals surface area (Å²) < 4.78 is 16.3. The van der Waals surface area contributed by atoms with Crippen molar-refractivity contribution in [3.05, 3.63) is 51.7 Å². The molecule has 1 N–H and O–H groups in total. The van der Waals surface area contributed by atoms with E-state index in [4.69, 9.17) is 19.3 Å². The average molecular weight is 562 g/mol. The first-order valence-corrected chi connectivity index (χ1v) is 15.0. The summed E-state index contributed by atoms with van der Waals surface area (Å²) >= 11 is 1.50. The maximum absolute atomic E-state index is 11.9. The topological polar surface area (TPSA) is 85.3 Å². The number of rotatable bonds is 11. The summed E-state index contributed by atoms with van der Waals surface area (Å²) in [5.74, 6) is -0.583. The third-order valence-corrected chi connectivity index (χ3v) is 7.59. The van der Waals surface area contributed by atoms with E-state index >= 15 is 0 Å². The Hall–Kier alpha value is -2.26. The largest absolute Gasteiger partial charge is 0.459 e. The molecule has 3 heterocycles. The number of aliphatic hydroxyl groups is 1. The van der Waals surface area contributed by atoms with Gasteiger partial charge >= 0.3 is 5.97 Å². The van der Waals surface area contributed by atoms with Crippen LogP contribution in [0.4, 0.5) is 5.69 Å². The fraction of sp³-hybridized carbons (Fsp3) is 0.613. The Morgan fingerprint density at radius 3 is 2.38 bits per heavy atom. The van der Waals surface area contributed by atoms with Crippen LogP contribution in [0.3, 0.4) is 0 Å². The Labute approximate surface area is 238 Å². The van der Waals surface area contributed by atoms with E-state index < -0.39 is 5.79 Å². The lowest BCUT2D eigenvalue weighted by Crippen LogP contribution is -2.25. The predicted octanol–water partition coefficient (Wildman–Crippen LogP) is 6.55. The van der Waals surface area contributed by atoms with Crippen molar-refractivity contribution in [3.63, 3.8) is 0 Å². The molecule has 0 radical (unpaired) electrons. The number of hydrogen-bond acceptors (Lipinski definition) is 7. The van der Waals surface area contributed by atoms with Crippen LogP contribution in [0.15, 0.2) is 36.4 Å². The van der Waals surface area contributed by atoms with Crippen LogP contribution in [0.25, 0.3) is 0 Å². The molecule has 2 aliphatic rings. The molecule has 0 aliphatic carbocycles. The molecule has 218 valence electrons. The number of carbonyl (C=O) groups is 2. The van der Waals surface area contributed by atoms with E-state index in [2.05, 4.69) is 38.1 Å². The summed E-state index contributed by atoms with van der Waals surface area (Å²) in [6, 6.07) is 12.4. The number of anilines is 1.